The highest BCUT2D eigenvalue weighted by molar-refractivity contribution is 7.99. The van der Waals surface area contributed by atoms with E-state index in [2.05, 4.69) is 47.2 Å². The smallest absolute Gasteiger partial charge is 0.138 e. The van der Waals surface area contributed by atoms with Crippen molar-refractivity contribution >= 4 is 22.8 Å². The van der Waals surface area contributed by atoms with Gasteiger partial charge in [0.1, 0.15) is 5.65 Å². The first-order valence-corrected chi connectivity index (χ1v) is 6.31. The number of fused-ring (bicyclic) bond motifs is 1. The molecule has 17 heavy (non-hydrogen) atoms. The minimum Gasteiger partial charge on any atom is -0.345 e. The van der Waals surface area contributed by atoms with Gasteiger partial charge in [-0.15, -0.1) is 0 Å². The summed E-state index contributed by atoms with van der Waals surface area (Å²) in [6.07, 6.45) is 3.82. The van der Waals surface area contributed by atoms with Gasteiger partial charge in [0.15, 0.2) is 0 Å². The number of nitrogens with one attached hydrogen (secondary N) is 1. The van der Waals surface area contributed by atoms with E-state index in [-0.39, 0.29) is 0 Å². The highest BCUT2D eigenvalue weighted by atomic mass is 32.2. The first-order valence-electron chi connectivity index (χ1n) is 5.49. The lowest BCUT2D eigenvalue weighted by atomic mass is 10.2. The minimum atomic E-state index is 0.947. The van der Waals surface area contributed by atoms with Gasteiger partial charge in [-0.3, -0.25) is 0 Å². The van der Waals surface area contributed by atoms with E-state index in [1.165, 1.54) is 20.7 Å². The summed E-state index contributed by atoms with van der Waals surface area (Å²) < 4.78 is 0. The molecule has 0 bridgehead atoms. The van der Waals surface area contributed by atoms with E-state index in [9.17, 15) is 0 Å². The maximum absolute atomic E-state index is 4.29. The van der Waals surface area contributed by atoms with Crippen molar-refractivity contribution in [2.75, 3.05) is 0 Å². The van der Waals surface area contributed by atoms with Crippen molar-refractivity contribution in [3.63, 3.8) is 0 Å². The fraction of sp³-hybridized carbons (Fsp3) is 0.0714. The number of aryl methyl sites for hydroxylation is 1. The number of rotatable bonds is 2. The molecule has 0 amide bonds. The fourth-order valence-electron chi connectivity index (χ4n) is 1.82. The first-order chi connectivity index (χ1) is 8.33. The third kappa shape index (κ3) is 2.06. The van der Waals surface area contributed by atoms with Crippen LogP contribution < -0.4 is 0 Å². The number of hydrogen-bond donors (Lipinski definition) is 1. The lowest BCUT2D eigenvalue weighted by Gasteiger charge is -2.00. The van der Waals surface area contributed by atoms with Crippen LogP contribution in [0.1, 0.15) is 5.56 Å². The molecular formula is C14H12N2S. The van der Waals surface area contributed by atoms with Gasteiger partial charge in [0.25, 0.3) is 0 Å². The molecule has 0 saturated carbocycles. The highest BCUT2D eigenvalue weighted by Gasteiger charge is 2.05. The molecule has 0 atom stereocenters. The molecule has 0 fully saturated rings. The quantitative estimate of drug-likeness (QED) is 0.732. The maximum atomic E-state index is 4.29. The molecule has 3 rings (SSSR count). The Kier molecular flexibility index (Phi) is 2.61. The van der Waals surface area contributed by atoms with Crippen LogP contribution >= 0.6 is 11.8 Å². The van der Waals surface area contributed by atoms with Gasteiger partial charge in [0, 0.05) is 27.6 Å². The van der Waals surface area contributed by atoms with Crippen molar-refractivity contribution in [2.24, 2.45) is 0 Å². The lowest BCUT2D eigenvalue weighted by Crippen LogP contribution is -1.75. The van der Waals surface area contributed by atoms with Gasteiger partial charge in [-0.05, 0) is 31.2 Å². The number of pyridine rings is 1. The number of H-pyrrole nitrogens is 1. The Labute approximate surface area is 104 Å². The monoisotopic (exact) mass is 240 g/mol. The molecule has 2 aromatic heterocycles. The number of hydrogen-bond acceptors (Lipinski definition) is 2. The topological polar surface area (TPSA) is 28.7 Å². The van der Waals surface area contributed by atoms with E-state index in [0.717, 1.165) is 5.65 Å². The van der Waals surface area contributed by atoms with E-state index in [4.69, 9.17) is 0 Å². The molecular weight excluding hydrogens is 228 g/mol. The Hall–Kier alpha value is -1.74. The predicted octanol–water partition coefficient (Wildman–Crippen LogP) is 4.02. The first kappa shape index (κ1) is 10.4. The van der Waals surface area contributed by atoms with Gasteiger partial charge in [0.05, 0.1) is 0 Å². The second-order valence-electron chi connectivity index (χ2n) is 3.97. The van der Waals surface area contributed by atoms with Crippen LogP contribution in [0.15, 0.2) is 58.6 Å². The van der Waals surface area contributed by atoms with Crippen LogP contribution in [0.25, 0.3) is 11.0 Å². The number of benzene rings is 1. The molecule has 3 heteroatoms. The molecule has 0 radical (unpaired) electrons. The van der Waals surface area contributed by atoms with Crippen LogP contribution in [-0.2, 0) is 0 Å². The van der Waals surface area contributed by atoms with Gasteiger partial charge < -0.3 is 4.98 Å². The zero-order valence-corrected chi connectivity index (χ0v) is 10.3. The maximum Gasteiger partial charge on any atom is 0.138 e. The Balaban J connectivity index is 2.00. The average molecular weight is 240 g/mol. The predicted molar refractivity (Wildman–Crippen MR) is 71.4 cm³/mol. The summed E-state index contributed by atoms with van der Waals surface area (Å²) in [7, 11) is 0. The summed E-state index contributed by atoms with van der Waals surface area (Å²) in [5.74, 6) is 0. The van der Waals surface area contributed by atoms with Crippen LogP contribution in [0.5, 0.6) is 0 Å². The zero-order valence-electron chi connectivity index (χ0n) is 9.47. The molecule has 3 aromatic rings. The van der Waals surface area contributed by atoms with E-state index in [1.807, 2.05) is 12.3 Å². The van der Waals surface area contributed by atoms with Crippen LogP contribution in [0.4, 0.5) is 0 Å². The van der Waals surface area contributed by atoms with Crippen molar-refractivity contribution in [3.05, 3.63) is 54.4 Å². The van der Waals surface area contributed by atoms with Crippen molar-refractivity contribution < 1.29 is 0 Å². The Morgan fingerprint density at radius 3 is 3.00 bits per heavy atom. The molecule has 84 valence electrons. The summed E-state index contributed by atoms with van der Waals surface area (Å²) in [6.45, 7) is 2.11. The normalized spacial score (nSPS) is 10.9. The Bertz CT molecular complexity index is 658. The highest BCUT2D eigenvalue weighted by Crippen LogP contribution is 2.32. The van der Waals surface area contributed by atoms with E-state index in [1.54, 1.807) is 18.0 Å². The molecule has 2 heterocycles. The average Bonchev–Trinajstić information content (AvgIpc) is 2.73. The van der Waals surface area contributed by atoms with E-state index < -0.39 is 0 Å². The third-order valence-electron chi connectivity index (χ3n) is 2.63. The summed E-state index contributed by atoms with van der Waals surface area (Å²) in [5.41, 5.74) is 2.23. The van der Waals surface area contributed by atoms with E-state index >= 15 is 0 Å². The molecule has 0 aliphatic rings. The summed E-state index contributed by atoms with van der Waals surface area (Å²) in [6, 6.07) is 12.6. The van der Waals surface area contributed by atoms with Crippen LogP contribution in [0.3, 0.4) is 0 Å². The Morgan fingerprint density at radius 1 is 1.18 bits per heavy atom. The summed E-state index contributed by atoms with van der Waals surface area (Å²) >= 11 is 1.77. The SMILES string of the molecule is Cc1cccc(Sc2c[nH]c3ncccc23)c1. The third-order valence-corrected chi connectivity index (χ3v) is 3.68. The number of aromatic amines is 1. The van der Waals surface area contributed by atoms with Crippen molar-refractivity contribution in [2.45, 2.75) is 16.7 Å². The molecule has 0 saturated heterocycles. The number of aromatic nitrogens is 2. The van der Waals surface area contributed by atoms with Gasteiger partial charge >= 0.3 is 0 Å². The molecule has 0 unspecified atom stereocenters. The molecule has 0 aliphatic carbocycles. The van der Waals surface area contributed by atoms with Gasteiger partial charge in [-0.1, -0.05) is 29.5 Å². The second-order valence-corrected chi connectivity index (χ2v) is 5.09. The van der Waals surface area contributed by atoms with Crippen LogP contribution in [-0.4, -0.2) is 9.97 Å². The zero-order chi connectivity index (χ0) is 11.7. The van der Waals surface area contributed by atoms with Crippen LogP contribution in [0.2, 0.25) is 0 Å². The summed E-state index contributed by atoms with van der Waals surface area (Å²) in [4.78, 5) is 9.96. The van der Waals surface area contributed by atoms with Crippen LogP contribution in [0, 0.1) is 6.92 Å². The van der Waals surface area contributed by atoms with E-state index in [0.29, 0.717) is 0 Å². The molecule has 0 spiro atoms. The molecule has 0 aliphatic heterocycles. The largest absolute Gasteiger partial charge is 0.345 e. The van der Waals surface area contributed by atoms with Crippen molar-refractivity contribution in [1.29, 1.82) is 0 Å². The standard InChI is InChI=1S/C14H12N2S/c1-10-4-2-5-11(8-10)17-13-9-16-14-12(13)6-3-7-15-14/h2-9H,1H3,(H,15,16). The van der Waals surface area contributed by atoms with Gasteiger partial charge in [-0.2, -0.15) is 0 Å². The fourth-order valence-corrected chi connectivity index (χ4v) is 2.86. The molecule has 1 aromatic carbocycles. The Morgan fingerprint density at radius 2 is 2.12 bits per heavy atom. The van der Waals surface area contributed by atoms with Gasteiger partial charge in [-0.25, -0.2) is 4.98 Å². The minimum absolute atomic E-state index is 0.947. The van der Waals surface area contributed by atoms with Gasteiger partial charge in [0.2, 0.25) is 0 Å². The number of nitrogens with zero attached hydrogens (tertiary/aromatic N) is 1. The molecule has 2 nitrogen and oxygen atoms in total. The summed E-state index contributed by atoms with van der Waals surface area (Å²) in [5, 5.41) is 1.18. The molecule has 1 N–H and O–H groups in total. The lowest BCUT2D eigenvalue weighted by molar-refractivity contribution is 1.32. The second kappa shape index (κ2) is 4.26. The van der Waals surface area contributed by atoms with Crippen molar-refractivity contribution in [3.8, 4) is 0 Å². The van der Waals surface area contributed by atoms with Crippen molar-refractivity contribution in [1.82, 2.24) is 9.97 Å².